The predicted octanol–water partition coefficient (Wildman–Crippen LogP) is 3.11. The maximum atomic E-state index is 12.2. The Balaban J connectivity index is 1.36. The lowest BCUT2D eigenvalue weighted by atomic mass is 10.3. The minimum Gasteiger partial charge on any atom is -0.494 e. The van der Waals surface area contributed by atoms with Crippen molar-refractivity contribution in [1.29, 1.82) is 0 Å². The van der Waals surface area contributed by atoms with Gasteiger partial charge in [0.2, 0.25) is 5.91 Å². The number of thiazole rings is 1. The van der Waals surface area contributed by atoms with Crippen LogP contribution in [0.3, 0.4) is 0 Å². The second-order valence-electron chi connectivity index (χ2n) is 6.39. The molecular weight excluding hydrogens is 404 g/mol. The lowest BCUT2D eigenvalue weighted by molar-refractivity contribution is -0.129. The summed E-state index contributed by atoms with van der Waals surface area (Å²) in [7, 11) is 0. The summed E-state index contributed by atoms with van der Waals surface area (Å²) in [6, 6.07) is 14.3. The SMILES string of the molecule is CCOc1ccc(OCCC(=O)NNC(=O)[C@H](C)Nc2nc3ccccc3s2)cc1. The summed E-state index contributed by atoms with van der Waals surface area (Å²) < 4.78 is 11.9. The van der Waals surface area contributed by atoms with E-state index in [0.717, 1.165) is 16.0 Å². The number of para-hydroxylation sites is 1. The first-order valence-corrected chi connectivity index (χ1v) is 10.4. The zero-order valence-corrected chi connectivity index (χ0v) is 17.6. The van der Waals surface area contributed by atoms with Gasteiger partial charge in [0.05, 0.1) is 29.9 Å². The van der Waals surface area contributed by atoms with Crippen LogP contribution in [0.2, 0.25) is 0 Å². The van der Waals surface area contributed by atoms with Gasteiger partial charge in [-0.25, -0.2) is 4.98 Å². The number of fused-ring (bicyclic) bond motifs is 1. The summed E-state index contributed by atoms with van der Waals surface area (Å²) in [4.78, 5) is 28.5. The van der Waals surface area contributed by atoms with Crippen molar-refractivity contribution in [2.45, 2.75) is 26.3 Å². The normalized spacial score (nSPS) is 11.5. The van der Waals surface area contributed by atoms with Crippen LogP contribution in [-0.4, -0.2) is 36.1 Å². The highest BCUT2D eigenvalue weighted by Gasteiger charge is 2.15. The molecule has 2 aromatic carbocycles. The minimum atomic E-state index is -0.564. The van der Waals surface area contributed by atoms with Gasteiger partial charge in [0.25, 0.3) is 5.91 Å². The van der Waals surface area contributed by atoms with E-state index in [0.29, 0.717) is 17.5 Å². The molecule has 0 unspecified atom stereocenters. The zero-order chi connectivity index (χ0) is 21.3. The average molecular weight is 429 g/mol. The number of amides is 2. The number of hydrazine groups is 1. The Morgan fingerprint density at radius 1 is 1.03 bits per heavy atom. The molecule has 8 nitrogen and oxygen atoms in total. The Labute approximate surface area is 178 Å². The molecule has 0 aliphatic rings. The van der Waals surface area contributed by atoms with Gasteiger partial charge in [0, 0.05) is 0 Å². The second-order valence-corrected chi connectivity index (χ2v) is 7.42. The maximum absolute atomic E-state index is 12.2. The molecule has 1 aromatic heterocycles. The Bertz CT molecular complexity index is 957. The number of carbonyl (C=O) groups is 2. The topological polar surface area (TPSA) is 102 Å². The third-order valence-electron chi connectivity index (χ3n) is 4.08. The van der Waals surface area contributed by atoms with Crippen molar-refractivity contribution >= 4 is 38.5 Å². The van der Waals surface area contributed by atoms with E-state index in [1.54, 1.807) is 31.2 Å². The molecule has 30 heavy (non-hydrogen) atoms. The molecule has 0 fully saturated rings. The van der Waals surface area contributed by atoms with Gasteiger partial charge in [-0.15, -0.1) is 0 Å². The fourth-order valence-corrected chi connectivity index (χ4v) is 3.50. The van der Waals surface area contributed by atoms with Crippen LogP contribution < -0.4 is 25.6 Å². The van der Waals surface area contributed by atoms with E-state index in [4.69, 9.17) is 9.47 Å². The minimum absolute atomic E-state index is 0.104. The fraction of sp³-hybridized carbons (Fsp3) is 0.286. The van der Waals surface area contributed by atoms with Gasteiger partial charge in [0.15, 0.2) is 5.13 Å². The molecule has 9 heteroatoms. The molecule has 0 spiro atoms. The first-order chi connectivity index (χ1) is 14.5. The van der Waals surface area contributed by atoms with Gasteiger partial charge in [0.1, 0.15) is 17.5 Å². The molecule has 0 saturated heterocycles. The molecule has 3 N–H and O–H groups in total. The number of hydrogen-bond acceptors (Lipinski definition) is 7. The van der Waals surface area contributed by atoms with Crippen LogP contribution in [0.5, 0.6) is 11.5 Å². The van der Waals surface area contributed by atoms with Gasteiger partial charge in [-0.2, -0.15) is 0 Å². The highest BCUT2D eigenvalue weighted by molar-refractivity contribution is 7.22. The van der Waals surface area contributed by atoms with Crippen LogP contribution in [0.15, 0.2) is 48.5 Å². The third kappa shape index (κ3) is 6.08. The van der Waals surface area contributed by atoms with E-state index < -0.39 is 6.04 Å². The van der Waals surface area contributed by atoms with Crippen LogP contribution in [0, 0.1) is 0 Å². The molecule has 0 radical (unpaired) electrons. The summed E-state index contributed by atoms with van der Waals surface area (Å²) in [5.41, 5.74) is 5.68. The average Bonchev–Trinajstić information content (AvgIpc) is 3.15. The number of hydrogen-bond donors (Lipinski definition) is 3. The molecule has 3 aromatic rings. The quantitative estimate of drug-likeness (QED) is 0.453. The number of anilines is 1. The molecular formula is C21H24N4O4S. The van der Waals surface area contributed by atoms with Crippen molar-refractivity contribution in [3.05, 3.63) is 48.5 Å². The Morgan fingerprint density at radius 3 is 2.43 bits per heavy atom. The van der Waals surface area contributed by atoms with Crippen molar-refractivity contribution in [3.8, 4) is 11.5 Å². The van der Waals surface area contributed by atoms with Crippen molar-refractivity contribution in [2.24, 2.45) is 0 Å². The van der Waals surface area contributed by atoms with Gasteiger partial charge >= 0.3 is 0 Å². The summed E-state index contributed by atoms with van der Waals surface area (Å²) in [5.74, 6) is 0.694. The number of nitrogens with one attached hydrogen (secondary N) is 3. The number of nitrogens with zero attached hydrogens (tertiary/aromatic N) is 1. The number of rotatable bonds is 9. The van der Waals surface area contributed by atoms with E-state index in [2.05, 4.69) is 21.2 Å². The monoisotopic (exact) mass is 428 g/mol. The van der Waals surface area contributed by atoms with Crippen LogP contribution in [-0.2, 0) is 9.59 Å². The first kappa shape index (κ1) is 21.4. The van der Waals surface area contributed by atoms with Gasteiger partial charge in [-0.05, 0) is 50.2 Å². The van der Waals surface area contributed by atoms with Crippen molar-refractivity contribution in [2.75, 3.05) is 18.5 Å². The van der Waals surface area contributed by atoms with E-state index >= 15 is 0 Å². The summed E-state index contributed by atoms with van der Waals surface area (Å²) >= 11 is 1.47. The molecule has 3 rings (SSSR count). The van der Waals surface area contributed by atoms with Crippen molar-refractivity contribution in [1.82, 2.24) is 15.8 Å². The zero-order valence-electron chi connectivity index (χ0n) is 16.8. The molecule has 1 atom stereocenters. The molecule has 2 amide bonds. The van der Waals surface area contributed by atoms with Crippen LogP contribution in [0.25, 0.3) is 10.2 Å². The summed E-state index contributed by atoms with van der Waals surface area (Å²) in [5, 5.41) is 3.69. The fourth-order valence-electron chi connectivity index (χ4n) is 2.55. The standard InChI is InChI=1S/C21H24N4O4S/c1-3-28-15-8-10-16(11-9-15)29-13-12-19(26)24-25-20(27)14(2)22-21-23-17-6-4-5-7-18(17)30-21/h4-11,14H,3,12-13H2,1-2H3,(H,22,23)(H,24,26)(H,25,27)/t14-/m0/s1. The smallest absolute Gasteiger partial charge is 0.260 e. The summed E-state index contributed by atoms with van der Waals surface area (Å²) in [6.45, 7) is 4.40. The van der Waals surface area contributed by atoms with Crippen LogP contribution in [0.1, 0.15) is 20.3 Å². The number of ether oxygens (including phenoxy) is 2. The van der Waals surface area contributed by atoms with Crippen LogP contribution >= 0.6 is 11.3 Å². The lowest BCUT2D eigenvalue weighted by Crippen LogP contribution is -2.47. The van der Waals surface area contributed by atoms with E-state index in [-0.39, 0.29) is 24.8 Å². The van der Waals surface area contributed by atoms with E-state index in [1.807, 2.05) is 31.2 Å². The summed E-state index contributed by atoms with van der Waals surface area (Å²) in [6.07, 6.45) is 0.104. The number of aromatic nitrogens is 1. The molecule has 0 saturated carbocycles. The third-order valence-corrected chi connectivity index (χ3v) is 5.05. The molecule has 1 heterocycles. The highest BCUT2D eigenvalue weighted by Crippen LogP contribution is 2.25. The number of benzene rings is 2. The Morgan fingerprint density at radius 2 is 1.73 bits per heavy atom. The highest BCUT2D eigenvalue weighted by atomic mass is 32.1. The van der Waals surface area contributed by atoms with Gasteiger partial charge in [-0.1, -0.05) is 23.5 Å². The first-order valence-electron chi connectivity index (χ1n) is 9.61. The van der Waals surface area contributed by atoms with Gasteiger partial charge in [-0.3, -0.25) is 20.4 Å². The Kier molecular flexibility index (Phi) is 7.45. The molecule has 0 bridgehead atoms. The molecule has 0 aliphatic carbocycles. The second kappa shape index (κ2) is 10.4. The largest absolute Gasteiger partial charge is 0.494 e. The molecule has 158 valence electrons. The maximum Gasteiger partial charge on any atom is 0.260 e. The van der Waals surface area contributed by atoms with Crippen molar-refractivity contribution in [3.63, 3.8) is 0 Å². The van der Waals surface area contributed by atoms with Crippen molar-refractivity contribution < 1.29 is 19.1 Å². The predicted molar refractivity (Wildman–Crippen MR) is 117 cm³/mol. The lowest BCUT2D eigenvalue weighted by Gasteiger charge is -2.14. The number of carbonyl (C=O) groups excluding carboxylic acids is 2. The molecule has 0 aliphatic heterocycles. The van der Waals surface area contributed by atoms with Gasteiger partial charge < -0.3 is 14.8 Å². The van der Waals surface area contributed by atoms with Crippen LogP contribution in [0.4, 0.5) is 5.13 Å². The van der Waals surface area contributed by atoms with E-state index in [9.17, 15) is 9.59 Å². The Hall–Kier alpha value is -3.33. The van der Waals surface area contributed by atoms with E-state index in [1.165, 1.54) is 11.3 Å².